The van der Waals surface area contributed by atoms with Gasteiger partial charge in [-0.25, -0.2) is 4.98 Å². The molecule has 0 unspecified atom stereocenters. The van der Waals surface area contributed by atoms with Crippen LogP contribution in [0.1, 0.15) is 32.4 Å². The van der Waals surface area contributed by atoms with Crippen molar-refractivity contribution in [2.75, 3.05) is 0 Å². The number of ether oxygens (including phenoxy) is 2. The Kier molecular flexibility index (Phi) is 3.36. The van der Waals surface area contributed by atoms with Crippen molar-refractivity contribution in [1.29, 1.82) is 0 Å². The van der Waals surface area contributed by atoms with Gasteiger partial charge in [0.15, 0.2) is 11.4 Å². The molecule has 0 N–H and O–H groups in total. The van der Waals surface area contributed by atoms with Crippen LogP contribution in [0.4, 0.5) is 13.2 Å². The molecule has 3 nitrogen and oxygen atoms in total. The molecular weight excluding hydrogens is 247 g/mol. The molecule has 100 valence electrons. The van der Waals surface area contributed by atoms with E-state index in [2.05, 4.69) is 4.98 Å². The van der Waals surface area contributed by atoms with Crippen LogP contribution < -0.4 is 9.47 Å². The Labute approximate surface area is 103 Å². The molecule has 0 saturated heterocycles. The number of rotatable bonds is 4. The van der Waals surface area contributed by atoms with Crippen molar-refractivity contribution in [2.45, 2.75) is 45.1 Å². The summed E-state index contributed by atoms with van der Waals surface area (Å²) in [5.41, 5.74) is -1.01. The summed E-state index contributed by atoms with van der Waals surface area (Å²) in [6.45, 7) is 3.32. The Bertz CT molecular complexity index is 428. The van der Waals surface area contributed by atoms with E-state index in [1.807, 2.05) is 0 Å². The fourth-order valence-corrected chi connectivity index (χ4v) is 1.43. The second kappa shape index (κ2) is 4.66. The standard InChI is InChI=1S/C12H14F3NO2/c1-7(2)17-10-5-9(18-8-3-4-8)6-16-11(10)12(13,14)15/h5-8H,3-4H2,1-2H3. The third-order valence-electron chi connectivity index (χ3n) is 2.29. The maximum absolute atomic E-state index is 12.7. The summed E-state index contributed by atoms with van der Waals surface area (Å²) >= 11 is 0. The van der Waals surface area contributed by atoms with Crippen molar-refractivity contribution >= 4 is 0 Å². The minimum Gasteiger partial charge on any atom is -0.489 e. The molecule has 0 radical (unpaired) electrons. The molecule has 1 heterocycles. The van der Waals surface area contributed by atoms with Gasteiger partial charge in [0, 0.05) is 6.07 Å². The third kappa shape index (κ3) is 3.27. The number of nitrogens with zero attached hydrogens (tertiary/aromatic N) is 1. The van der Waals surface area contributed by atoms with Crippen LogP contribution in [0, 0.1) is 0 Å². The first-order valence-corrected chi connectivity index (χ1v) is 5.77. The fourth-order valence-electron chi connectivity index (χ4n) is 1.43. The van der Waals surface area contributed by atoms with Gasteiger partial charge in [0.25, 0.3) is 0 Å². The topological polar surface area (TPSA) is 31.4 Å². The SMILES string of the molecule is CC(C)Oc1cc(OC2CC2)cnc1C(F)(F)F. The summed E-state index contributed by atoms with van der Waals surface area (Å²) in [7, 11) is 0. The molecule has 0 bridgehead atoms. The predicted molar refractivity (Wildman–Crippen MR) is 58.7 cm³/mol. The molecule has 0 aromatic carbocycles. The first-order chi connectivity index (χ1) is 8.36. The number of hydrogen-bond acceptors (Lipinski definition) is 3. The minimum atomic E-state index is -4.53. The maximum Gasteiger partial charge on any atom is 0.437 e. The largest absolute Gasteiger partial charge is 0.489 e. The second-order valence-corrected chi connectivity index (χ2v) is 4.50. The minimum absolute atomic E-state index is 0.107. The molecule has 1 saturated carbocycles. The first-order valence-electron chi connectivity index (χ1n) is 5.77. The Morgan fingerprint density at radius 2 is 2.00 bits per heavy atom. The van der Waals surface area contributed by atoms with Crippen molar-refractivity contribution in [1.82, 2.24) is 4.98 Å². The molecule has 0 atom stereocenters. The van der Waals surface area contributed by atoms with Crippen molar-refractivity contribution in [3.63, 3.8) is 0 Å². The fraction of sp³-hybridized carbons (Fsp3) is 0.583. The van der Waals surface area contributed by atoms with E-state index in [1.54, 1.807) is 13.8 Å². The number of hydrogen-bond donors (Lipinski definition) is 0. The summed E-state index contributed by atoms with van der Waals surface area (Å²) in [5, 5.41) is 0. The van der Waals surface area contributed by atoms with Crippen LogP contribution in [0.3, 0.4) is 0 Å². The number of halogens is 3. The summed E-state index contributed by atoms with van der Waals surface area (Å²) in [6.07, 6.45) is -1.82. The van der Waals surface area contributed by atoms with Crippen molar-refractivity contribution in [3.8, 4) is 11.5 Å². The molecule has 1 fully saturated rings. The van der Waals surface area contributed by atoms with Gasteiger partial charge in [0.05, 0.1) is 18.4 Å². The zero-order valence-corrected chi connectivity index (χ0v) is 10.1. The second-order valence-electron chi connectivity index (χ2n) is 4.50. The molecule has 1 aliphatic carbocycles. The molecular formula is C12H14F3NO2. The number of aromatic nitrogens is 1. The Hall–Kier alpha value is -1.46. The van der Waals surface area contributed by atoms with Gasteiger partial charge in [0.1, 0.15) is 5.75 Å². The van der Waals surface area contributed by atoms with Crippen LogP contribution in [0.25, 0.3) is 0 Å². The highest BCUT2D eigenvalue weighted by Crippen LogP contribution is 2.37. The monoisotopic (exact) mass is 261 g/mol. The molecule has 2 rings (SSSR count). The highest BCUT2D eigenvalue weighted by atomic mass is 19.4. The van der Waals surface area contributed by atoms with E-state index in [0.29, 0.717) is 5.75 Å². The van der Waals surface area contributed by atoms with Gasteiger partial charge < -0.3 is 9.47 Å². The normalized spacial score (nSPS) is 15.9. The van der Waals surface area contributed by atoms with E-state index < -0.39 is 11.9 Å². The molecule has 0 amide bonds. The summed E-state index contributed by atoms with van der Waals surface area (Å²) < 4.78 is 48.7. The highest BCUT2D eigenvalue weighted by molar-refractivity contribution is 5.37. The summed E-state index contributed by atoms with van der Waals surface area (Å²) in [4.78, 5) is 3.41. The Morgan fingerprint density at radius 1 is 1.33 bits per heavy atom. The van der Waals surface area contributed by atoms with Crippen LogP contribution in [0.15, 0.2) is 12.3 Å². The van der Waals surface area contributed by atoms with Gasteiger partial charge in [-0.1, -0.05) is 0 Å². The van der Waals surface area contributed by atoms with Gasteiger partial charge in [-0.2, -0.15) is 13.2 Å². The average molecular weight is 261 g/mol. The van der Waals surface area contributed by atoms with E-state index >= 15 is 0 Å². The van der Waals surface area contributed by atoms with Gasteiger partial charge in [-0.05, 0) is 26.7 Å². The van der Waals surface area contributed by atoms with Crippen LogP contribution in [-0.2, 0) is 6.18 Å². The van der Waals surface area contributed by atoms with Gasteiger partial charge in [-0.15, -0.1) is 0 Å². The predicted octanol–water partition coefficient (Wildman–Crippen LogP) is 3.43. The molecule has 1 aromatic rings. The van der Waals surface area contributed by atoms with E-state index in [0.717, 1.165) is 19.0 Å². The van der Waals surface area contributed by atoms with Crippen molar-refractivity contribution < 1.29 is 22.6 Å². The van der Waals surface area contributed by atoms with Crippen LogP contribution in [-0.4, -0.2) is 17.2 Å². The molecule has 1 aliphatic rings. The summed E-state index contributed by atoms with van der Waals surface area (Å²) in [6, 6.07) is 1.26. The van der Waals surface area contributed by atoms with Crippen molar-refractivity contribution in [3.05, 3.63) is 18.0 Å². The first kappa shape index (κ1) is 13.0. The Balaban J connectivity index is 2.27. The molecule has 18 heavy (non-hydrogen) atoms. The number of pyridine rings is 1. The highest BCUT2D eigenvalue weighted by Gasteiger charge is 2.37. The van der Waals surface area contributed by atoms with Crippen LogP contribution in [0.2, 0.25) is 0 Å². The lowest BCUT2D eigenvalue weighted by Crippen LogP contribution is -2.15. The lowest BCUT2D eigenvalue weighted by atomic mass is 10.3. The van der Waals surface area contributed by atoms with E-state index in [-0.39, 0.29) is 18.0 Å². The lowest BCUT2D eigenvalue weighted by molar-refractivity contribution is -0.142. The summed E-state index contributed by atoms with van der Waals surface area (Å²) in [5.74, 6) is 0.0387. The average Bonchev–Trinajstić information content (AvgIpc) is 2.98. The smallest absolute Gasteiger partial charge is 0.437 e. The molecule has 0 spiro atoms. The quantitative estimate of drug-likeness (QED) is 0.832. The van der Waals surface area contributed by atoms with E-state index in [1.165, 1.54) is 6.07 Å². The zero-order chi connectivity index (χ0) is 13.3. The van der Waals surface area contributed by atoms with E-state index in [4.69, 9.17) is 9.47 Å². The molecule has 1 aromatic heterocycles. The van der Waals surface area contributed by atoms with Crippen molar-refractivity contribution in [2.24, 2.45) is 0 Å². The van der Waals surface area contributed by atoms with Crippen LogP contribution in [0.5, 0.6) is 11.5 Å². The van der Waals surface area contributed by atoms with Crippen LogP contribution >= 0.6 is 0 Å². The lowest BCUT2D eigenvalue weighted by Gasteiger charge is -2.16. The maximum atomic E-state index is 12.7. The van der Waals surface area contributed by atoms with Gasteiger partial charge >= 0.3 is 6.18 Å². The van der Waals surface area contributed by atoms with Gasteiger partial charge in [0.2, 0.25) is 0 Å². The third-order valence-corrected chi connectivity index (χ3v) is 2.29. The zero-order valence-electron chi connectivity index (χ0n) is 10.1. The van der Waals surface area contributed by atoms with Gasteiger partial charge in [-0.3, -0.25) is 0 Å². The molecule has 6 heteroatoms. The molecule has 0 aliphatic heterocycles. The number of alkyl halides is 3. The van der Waals surface area contributed by atoms with E-state index in [9.17, 15) is 13.2 Å². The Morgan fingerprint density at radius 3 is 2.50 bits per heavy atom.